The molecule has 0 aliphatic carbocycles. The van der Waals surface area contributed by atoms with Crippen molar-refractivity contribution in [2.75, 3.05) is 20.8 Å². The molecular formula is C16H19Cl2N3O2. The van der Waals surface area contributed by atoms with Crippen LogP contribution < -0.4 is 4.74 Å². The van der Waals surface area contributed by atoms with E-state index in [0.717, 1.165) is 24.4 Å². The maximum absolute atomic E-state index is 6.24. The zero-order valence-electron chi connectivity index (χ0n) is 13.1. The second-order valence-electron chi connectivity index (χ2n) is 5.59. The fourth-order valence-electron chi connectivity index (χ4n) is 3.13. The Bertz CT molecular complexity index is 664. The van der Waals surface area contributed by atoms with Gasteiger partial charge in [-0.3, -0.25) is 4.90 Å². The van der Waals surface area contributed by atoms with Crippen molar-refractivity contribution < 1.29 is 9.47 Å². The van der Waals surface area contributed by atoms with Crippen molar-refractivity contribution in [3.8, 4) is 5.75 Å². The van der Waals surface area contributed by atoms with Crippen LogP contribution in [0.2, 0.25) is 10.0 Å². The van der Waals surface area contributed by atoms with E-state index in [1.54, 1.807) is 26.5 Å². The Morgan fingerprint density at radius 3 is 2.83 bits per heavy atom. The lowest BCUT2D eigenvalue weighted by Gasteiger charge is -2.24. The van der Waals surface area contributed by atoms with Gasteiger partial charge in [0, 0.05) is 43.2 Å². The summed E-state index contributed by atoms with van der Waals surface area (Å²) in [5, 5.41) is 1.12. The molecule has 1 unspecified atom stereocenters. The smallest absolute Gasteiger partial charge is 0.142 e. The number of rotatable bonds is 5. The molecule has 0 radical (unpaired) electrons. The standard InChI is InChI=1S/C16H19Cl2N3O2/c1-22-12-7-14(16-19-3-4-20-16)21(9-12)8-10-5-11(17)6-13(18)15(10)23-2/h3-6,12,14H,7-9H2,1-2H3,(H,19,20)/t12-,14?/m1/s1. The molecule has 0 bridgehead atoms. The summed E-state index contributed by atoms with van der Waals surface area (Å²) in [5.74, 6) is 1.60. The van der Waals surface area contributed by atoms with Crippen LogP contribution in [0, 0.1) is 0 Å². The van der Waals surface area contributed by atoms with Gasteiger partial charge in [-0.05, 0) is 18.6 Å². The number of imidazole rings is 1. The van der Waals surface area contributed by atoms with Crippen LogP contribution in [0.1, 0.15) is 23.9 Å². The number of methoxy groups -OCH3 is 2. The quantitative estimate of drug-likeness (QED) is 0.888. The van der Waals surface area contributed by atoms with Gasteiger partial charge in [0.2, 0.25) is 0 Å². The molecular weight excluding hydrogens is 337 g/mol. The minimum Gasteiger partial charge on any atom is -0.495 e. The predicted octanol–water partition coefficient (Wildman–Crippen LogP) is 3.69. The molecule has 1 aliphatic heterocycles. The van der Waals surface area contributed by atoms with Crippen LogP contribution in [0.3, 0.4) is 0 Å². The Balaban J connectivity index is 1.88. The Labute approximate surface area is 145 Å². The van der Waals surface area contributed by atoms with Gasteiger partial charge in [-0.1, -0.05) is 23.2 Å². The number of hydrogen-bond donors (Lipinski definition) is 1. The summed E-state index contributed by atoms with van der Waals surface area (Å²) in [6, 6.07) is 3.75. The lowest BCUT2D eigenvalue weighted by atomic mass is 10.1. The number of ether oxygens (including phenoxy) is 2. The number of hydrogen-bond acceptors (Lipinski definition) is 4. The lowest BCUT2D eigenvalue weighted by Crippen LogP contribution is -2.25. The fourth-order valence-corrected chi connectivity index (χ4v) is 3.74. The topological polar surface area (TPSA) is 50.4 Å². The number of benzene rings is 1. The average molecular weight is 356 g/mol. The molecule has 1 aromatic heterocycles. The second-order valence-corrected chi connectivity index (χ2v) is 6.44. The first-order valence-corrected chi connectivity index (χ1v) is 8.16. The van der Waals surface area contributed by atoms with Gasteiger partial charge in [0.05, 0.1) is 24.3 Å². The van der Waals surface area contributed by atoms with Crippen LogP contribution in [-0.2, 0) is 11.3 Å². The Morgan fingerprint density at radius 1 is 1.35 bits per heavy atom. The van der Waals surface area contributed by atoms with E-state index in [1.165, 1.54) is 0 Å². The first-order valence-electron chi connectivity index (χ1n) is 7.40. The molecule has 2 atom stereocenters. The maximum atomic E-state index is 6.24. The van der Waals surface area contributed by atoms with Crippen LogP contribution in [0.4, 0.5) is 0 Å². The van der Waals surface area contributed by atoms with Gasteiger partial charge in [-0.15, -0.1) is 0 Å². The van der Waals surface area contributed by atoms with E-state index in [-0.39, 0.29) is 12.1 Å². The number of nitrogens with one attached hydrogen (secondary N) is 1. The summed E-state index contributed by atoms with van der Waals surface area (Å²) >= 11 is 12.4. The molecule has 1 fully saturated rings. The van der Waals surface area contributed by atoms with Crippen LogP contribution in [0.15, 0.2) is 24.5 Å². The number of aromatic amines is 1. The lowest BCUT2D eigenvalue weighted by molar-refractivity contribution is 0.107. The van der Waals surface area contributed by atoms with Crippen molar-refractivity contribution in [3.63, 3.8) is 0 Å². The number of likely N-dealkylation sites (tertiary alicyclic amines) is 1. The summed E-state index contributed by atoms with van der Waals surface area (Å²) in [6.07, 6.45) is 4.67. The summed E-state index contributed by atoms with van der Waals surface area (Å²) in [4.78, 5) is 9.90. The van der Waals surface area contributed by atoms with E-state index >= 15 is 0 Å². The van der Waals surface area contributed by atoms with E-state index in [2.05, 4.69) is 14.9 Å². The van der Waals surface area contributed by atoms with Gasteiger partial charge in [0.1, 0.15) is 11.6 Å². The summed E-state index contributed by atoms with van der Waals surface area (Å²) in [7, 11) is 3.36. The van der Waals surface area contributed by atoms with Crippen molar-refractivity contribution in [1.82, 2.24) is 14.9 Å². The second kappa shape index (κ2) is 7.09. The monoisotopic (exact) mass is 355 g/mol. The maximum Gasteiger partial charge on any atom is 0.142 e. The molecule has 2 aromatic rings. The van der Waals surface area contributed by atoms with Crippen molar-refractivity contribution in [1.29, 1.82) is 0 Å². The molecule has 1 saturated heterocycles. The highest BCUT2D eigenvalue weighted by atomic mass is 35.5. The van der Waals surface area contributed by atoms with E-state index in [0.29, 0.717) is 22.3 Å². The van der Waals surface area contributed by atoms with Gasteiger partial charge in [-0.25, -0.2) is 4.98 Å². The molecule has 23 heavy (non-hydrogen) atoms. The van der Waals surface area contributed by atoms with Crippen LogP contribution in [-0.4, -0.2) is 41.7 Å². The largest absolute Gasteiger partial charge is 0.495 e. The van der Waals surface area contributed by atoms with Crippen molar-refractivity contribution in [2.45, 2.75) is 25.1 Å². The van der Waals surface area contributed by atoms with Crippen molar-refractivity contribution >= 4 is 23.2 Å². The third-order valence-electron chi connectivity index (χ3n) is 4.20. The summed E-state index contributed by atoms with van der Waals surface area (Å²) in [6.45, 7) is 1.48. The number of nitrogens with zero attached hydrogens (tertiary/aromatic N) is 2. The van der Waals surface area contributed by atoms with E-state index < -0.39 is 0 Å². The van der Waals surface area contributed by atoms with Crippen LogP contribution in [0.5, 0.6) is 5.75 Å². The molecule has 0 spiro atoms. The normalized spacial score (nSPS) is 21.7. The van der Waals surface area contributed by atoms with Gasteiger partial charge in [-0.2, -0.15) is 0 Å². The number of aromatic nitrogens is 2. The summed E-state index contributed by atoms with van der Waals surface area (Å²) in [5.41, 5.74) is 0.957. The van der Waals surface area contributed by atoms with E-state index in [9.17, 15) is 0 Å². The first kappa shape index (κ1) is 16.6. The van der Waals surface area contributed by atoms with E-state index in [1.807, 2.05) is 12.3 Å². The Kier molecular flexibility index (Phi) is 5.11. The number of halogens is 2. The highest BCUT2D eigenvalue weighted by molar-refractivity contribution is 6.35. The molecule has 7 heteroatoms. The zero-order valence-corrected chi connectivity index (χ0v) is 14.6. The Morgan fingerprint density at radius 2 is 2.17 bits per heavy atom. The molecule has 1 aliphatic rings. The molecule has 0 saturated carbocycles. The van der Waals surface area contributed by atoms with Crippen molar-refractivity contribution in [2.24, 2.45) is 0 Å². The first-order chi connectivity index (χ1) is 11.1. The molecule has 1 aromatic carbocycles. The molecule has 5 nitrogen and oxygen atoms in total. The fraction of sp³-hybridized carbons (Fsp3) is 0.438. The van der Waals surface area contributed by atoms with Gasteiger partial charge in [0.15, 0.2) is 0 Å². The SMILES string of the molecule is COc1c(Cl)cc(Cl)cc1CN1C[C@H](OC)CC1c1ncc[nH]1. The minimum atomic E-state index is 0.164. The van der Waals surface area contributed by atoms with Crippen LogP contribution >= 0.6 is 23.2 Å². The van der Waals surface area contributed by atoms with E-state index in [4.69, 9.17) is 32.7 Å². The predicted molar refractivity (Wildman–Crippen MR) is 90.2 cm³/mol. The molecule has 3 rings (SSSR count). The Hall–Kier alpha value is -1.27. The highest BCUT2D eigenvalue weighted by Crippen LogP contribution is 2.37. The highest BCUT2D eigenvalue weighted by Gasteiger charge is 2.35. The zero-order chi connectivity index (χ0) is 16.4. The molecule has 124 valence electrons. The molecule has 1 N–H and O–H groups in total. The van der Waals surface area contributed by atoms with Gasteiger partial charge < -0.3 is 14.5 Å². The van der Waals surface area contributed by atoms with Gasteiger partial charge >= 0.3 is 0 Å². The minimum absolute atomic E-state index is 0.164. The molecule has 2 heterocycles. The van der Waals surface area contributed by atoms with Crippen molar-refractivity contribution in [3.05, 3.63) is 46.0 Å². The number of H-pyrrole nitrogens is 1. The van der Waals surface area contributed by atoms with Gasteiger partial charge in [0.25, 0.3) is 0 Å². The van der Waals surface area contributed by atoms with Crippen LogP contribution in [0.25, 0.3) is 0 Å². The third-order valence-corrected chi connectivity index (χ3v) is 4.70. The summed E-state index contributed by atoms with van der Waals surface area (Å²) < 4.78 is 11.0. The average Bonchev–Trinajstić information content (AvgIpc) is 3.15. The molecule has 0 amide bonds. The third kappa shape index (κ3) is 3.48.